The summed E-state index contributed by atoms with van der Waals surface area (Å²) in [5.74, 6) is -0.789. The predicted octanol–water partition coefficient (Wildman–Crippen LogP) is 1.59. The Balaban J connectivity index is 2.01. The summed E-state index contributed by atoms with van der Waals surface area (Å²) in [6, 6.07) is 7.54. The first-order valence-corrected chi connectivity index (χ1v) is 9.16. The van der Waals surface area contributed by atoms with Crippen molar-refractivity contribution in [1.82, 2.24) is 10.6 Å². The normalized spacial score (nSPS) is 20.7. The van der Waals surface area contributed by atoms with Crippen LogP contribution in [0, 0.1) is 12.8 Å². The molecule has 1 aromatic carbocycles. The average Bonchev–Trinajstić information content (AvgIpc) is 2.93. The maximum absolute atomic E-state index is 12.3. The molecule has 1 aliphatic heterocycles. The molecular weight excluding hydrogens is 330 g/mol. The largest absolute Gasteiger partial charge is 0.368 e. The smallest absolute Gasteiger partial charge is 0.240 e. The van der Waals surface area contributed by atoms with E-state index < -0.39 is 17.5 Å². The number of hydrogen-bond acceptors (Lipinski definition) is 3. The number of amides is 3. The Bertz CT molecular complexity index is 669. The van der Waals surface area contributed by atoms with Gasteiger partial charge >= 0.3 is 0 Å². The van der Waals surface area contributed by atoms with Gasteiger partial charge in [0.05, 0.1) is 0 Å². The molecule has 0 radical (unpaired) electrons. The van der Waals surface area contributed by atoms with Crippen molar-refractivity contribution >= 4 is 17.7 Å². The molecule has 4 N–H and O–H groups in total. The van der Waals surface area contributed by atoms with Gasteiger partial charge in [0.15, 0.2) is 0 Å². The molecule has 0 spiro atoms. The zero-order valence-electron chi connectivity index (χ0n) is 15.8. The van der Waals surface area contributed by atoms with E-state index in [0.717, 1.165) is 5.56 Å². The van der Waals surface area contributed by atoms with E-state index in [0.29, 0.717) is 25.7 Å². The van der Waals surface area contributed by atoms with Gasteiger partial charge in [0, 0.05) is 18.4 Å². The molecule has 0 bridgehead atoms. The van der Waals surface area contributed by atoms with Crippen LogP contribution in [0.3, 0.4) is 0 Å². The molecule has 2 atom stereocenters. The van der Waals surface area contributed by atoms with Crippen LogP contribution in [0.4, 0.5) is 0 Å². The highest BCUT2D eigenvalue weighted by Crippen LogP contribution is 2.29. The van der Waals surface area contributed by atoms with Crippen LogP contribution in [0.1, 0.15) is 50.7 Å². The number of carbonyl (C=O) groups excluding carboxylic acids is 3. The highest BCUT2D eigenvalue weighted by Gasteiger charge is 2.38. The van der Waals surface area contributed by atoms with Gasteiger partial charge in [0.2, 0.25) is 17.7 Å². The van der Waals surface area contributed by atoms with E-state index in [9.17, 15) is 14.4 Å². The number of aryl methyl sites for hydroxylation is 1. The van der Waals surface area contributed by atoms with Gasteiger partial charge in [0.25, 0.3) is 0 Å². The maximum atomic E-state index is 12.3. The summed E-state index contributed by atoms with van der Waals surface area (Å²) in [5.41, 5.74) is 7.26. The molecule has 0 aliphatic carbocycles. The van der Waals surface area contributed by atoms with Gasteiger partial charge in [-0.15, -0.1) is 0 Å². The SMILES string of the molecule is Cc1ccc(CC2(CCC(=O)N[C@H](C(N)=O)C(C)C)CCC(=O)N2)cc1. The van der Waals surface area contributed by atoms with Crippen LogP contribution in [-0.4, -0.2) is 29.3 Å². The van der Waals surface area contributed by atoms with Crippen molar-refractivity contribution in [1.29, 1.82) is 0 Å². The van der Waals surface area contributed by atoms with Crippen molar-refractivity contribution in [3.63, 3.8) is 0 Å². The summed E-state index contributed by atoms with van der Waals surface area (Å²) in [6.45, 7) is 5.71. The van der Waals surface area contributed by atoms with E-state index in [4.69, 9.17) is 5.73 Å². The van der Waals surface area contributed by atoms with Gasteiger partial charge in [0.1, 0.15) is 6.04 Å². The molecule has 6 heteroatoms. The van der Waals surface area contributed by atoms with Crippen LogP contribution in [0.15, 0.2) is 24.3 Å². The highest BCUT2D eigenvalue weighted by atomic mass is 16.2. The summed E-state index contributed by atoms with van der Waals surface area (Å²) in [6.07, 6.45) is 2.64. The fraction of sp³-hybridized carbons (Fsp3) is 0.550. The standard InChI is InChI=1S/C20H29N3O3/c1-13(2)18(19(21)26)22-16(24)8-10-20(11-9-17(25)23-20)12-15-6-4-14(3)5-7-15/h4-7,13,18H,8-12H2,1-3H3,(H2,21,26)(H,22,24)(H,23,25)/t18-,20?/m0/s1. The van der Waals surface area contributed by atoms with E-state index in [1.807, 2.05) is 32.9 Å². The first-order chi connectivity index (χ1) is 12.2. The summed E-state index contributed by atoms with van der Waals surface area (Å²) in [7, 11) is 0. The number of hydrogen-bond donors (Lipinski definition) is 3. The average molecular weight is 359 g/mol. The lowest BCUT2D eigenvalue weighted by Gasteiger charge is -2.30. The number of primary amides is 1. The van der Waals surface area contributed by atoms with Crippen molar-refractivity contribution < 1.29 is 14.4 Å². The third kappa shape index (κ3) is 5.31. The molecule has 1 fully saturated rings. The monoisotopic (exact) mass is 359 g/mol. The molecule has 1 unspecified atom stereocenters. The summed E-state index contributed by atoms with van der Waals surface area (Å²) >= 11 is 0. The van der Waals surface area contributed by atoms with Crippen LogP contribution in [0.2, 0.25) is 0 Å². The topological polar surface area (TPSA) is 101 Å². The molecular formula is C20H29N3O3. The van der Waals surface area contributed by atoms with Crippen molar-refractivity contribution in [3.8, 4) is 0 Å². The zero-order chi connectivity index (χ0) is 19.3. The van der Waals surface area contributed by atoms with Crippen molar-refractivity contribution in [2.45, 2.75) is 64.5 Å². The number of nitrogens with two attached hydrogens (primary N) is 1. The number of nitrogens with one attached hydrogen (secondary N) is 2. The second-order valence-electron chi connectivity index (χ2n) is 7.68. The number of rotatable bonds is 8. The van der Waals surface area contributed by atoms with Crippen LogP contribution in [0.5, 0.6) is 0 Å². The Kier molecular flexibility index (Phi) is 6.40. The van der Waals surface area contributed by atoms with E-state index >= 15 is 0 Å². The molecule has 0 saturated carbocycles. The lowest BCUT2D eigenvalue weighted by molar-refractivity contribution is -0.128. The zero-order valence-corrected chi connectivity index (χ0v) is 15.8. The van der Waals surface area contributed by atoms with Crippen LogP contribution >= 0.6 is 0 Å². The summed E-state index contributed by atoms with van der Waals surface area (Å²) in [5, 5.41) is 5.79. The van der Waals surface area contributed by atoms with Crippen molar-refractivity contribution in [2.75, 3.05) is 0 Å². The van der Waals surface area contributed by atoms with Gasteiger partial charge < -0.3 is 16.4 Å². The third-order valence-corrected chi connectivity index (χ3v) is 5.02. The molecule has 26 heavy (non-hydrogen) atoms. The predicted molar refractivity (Wildman–Crippen MR) is 100 cm³/mol. The van der Waals surface area contributed by atoms with Crippen LogP contribution in [0.25, 0.3) is 0 Å². The molecule has 1 heterocycles. The van der Waals surface area contributed by atoms with E-state index in [2.05, 4.69) is 22.8 Å². The summed E-state index contributed by atoms with van der Waals surface area (Å²) < 4.78 is 0. The number of benzene rings is 1. The maximum Gasteiger partial charge on any atom is 0.240 e. The van der Waals surface area contributed by atoms with Gasteiger partial charge in [-0.2, -0.15) is 0 Å². The molecule has 3 amide bonds. The third-order valence-electron chi connectivity index (χ3n) is 5.02. The van der Waals surface area contributed by atoms with Gasteiger partial charge in [-0.05, 0) is 37.7 Å². The van der Waals surface area contributed by atoms with Crippen molar-refractivity contribution in [3.05, 3.63) is 35.4 Å². The van der Waals surface area contributed by atoms with E-state index in [1.54, 1.807) is 0 Å². The summed E-state index contributed by atoms with van der Waals surface area (Å²) in [4.78, 5) is 35.6. The molecule has 1 aromatic rings. The second-order valence-corrected chi connectivity index (χ2v) is 7.68. The highest BCUT2D eigenvalue weighted by molar-refractivity contribution is 5.87. The van der Waals surface area contributed by atoms with Crippen LogP contribution < -0.4 is 16.4 Å². The van der Waals surface area contributed by atoms with E-state index in [1.165, 1.54) is 5.56 Å². The molecule has 0 aromatic heterocycles. The molecule has 1 aliphatic rings. The lowest BCUT2D eigenvalue weighted by atomic mass is 9.84. The van der Waals surface area contributed by atoms with E-state index in [-0.39, 0.29) is 24.2 Å². The Labute approximate surface area is 154 Å². The minimum atomic E-state index is -0.672. The minimum absolute atomic E-state index is 0.0229. The fourth-order valence-corrected chi connectivity index (χ4v) is 3.44. The minimum Gasteiger partial charge on any atom is -0.368 e. The Hall–Kier alpha value is -2.37. The number of carbonyl (C=O) groups is 3. The van der Waals surface area contributed by atoms with Gasteiger partial charge in [-0.1, -0.05) is 43.7 Å². The van der Waals surface area contributed by atoms with Gasteiger partial charge in [-0.3, -0.25) is 14.4 Å². The quantitative estimate of drug-likeness (QED) is 0.657. The second kappa shape index (κ2) is 8.34. The van der Waals surface area contributed by atoms with Crippen LogP contribution in [-0.2, 0) is 20.8 Å². The Morgan fingerprint density at radius 2 is 1.92 bits per heavy atom. The Morgan fingerprint density at radius 3 is 2.42 bits per heavy atom. The molecule has 6 nitrogen and oxygen atoms in total. The lowest BCUT2D eigenvalue weighted by Crippen LogP contribution is -2.49. The first-order valence-electron chi connectivity index (χ1n) is 9.16. The molecule has 142 valence electrons. The first kappa shape index (κ1) is 19.9. The van der Waals surface area contributed by atoms with Gasteiger partial charge in [-0.25, -0.2) is 0 Å². The van der Waals surface area contributed by atoms with Crippen molar-refractivity contribution in [2.24, 2.45) is 11.7 Å². The fourth-order valence-electron chi connectivity index (χ4n) is 3.44. The molecule has 1 saturated heterocycles. The Morgan fingerprint density at radius 1 is 1.27 bits per heavy atom. The molecule has 2 rings (SSSR count).